The van der Waals surface area contributed by atoms with Crippen molar-refractivity contribution in [3.63, 3.8) is 0 Å². The number of hydrogen-bond acceptors (Lipinski definition) is 4. The monoisotopic (exact) mass is 473 g/mol. The number of likely N-dealkylation sites (tertiary alicyclic amines) is 1. The van der Waals surface area contributed by atoms with Gasteiger partial charge < -0.3 is 10.1 Å². The van der Waals surface area contributed by atoms with Crippen LogP contribution in [0.3, 0.4) is 0 Å². The van der Waals surface area contributed by atoms with Crippen LogP contribution >= 0.6 is 0 Å². The molecule has 1 amide bonds. The number of benzene rings is 2. The van der Waals surface area contributed by atoms with E-state index in [-0.39, 0.29) is 11.7 Å². The normalized spacial score (nSPS) is 14.5. The number of rotatable bonds is 7. The molecule has 0 aliphatic carbocycles. The van der Waals surface area contributed by atoms with Gasteiger partial charge in [-0.15, -0.1) is 0 Å². The second-order valence-electron chi connectivity index (χ2n) is 8.06. The van der Waals surface area contributed by atoms with Gasteiger partial charge in [0, 0.05) is 31.7 Å². The van der Waals surface area contributed by atoms with Crippen molar-refractivity contribution in [3.05, 3.63) is 83.3 Å². The van der Waals surface area contributed by atoms with Gasteiger partial charge in [0.15, 0.2) is 0 Å². The number of nitrogens with zero attached hydrogens (tertiary/aromatic N) is 2. The van der Waals surface area contributed by atoms with Crippen LogP contribution in [0.25, 0.3) is 11.3 Å². The molecule has 0 spiro atoms. The number of ether oxygens (including phenoxy) is 1. The molecule has 1 N–H and O–H groups in total. The summed E-state index contributed by atoms with van der Waals surface area (Å²) in [6, 6.07) is 13.0. The van der Waals surface area contributed by atoms with Crippen molar-refractivity contribution in [2.45, 2.75) is 25.7 Å². The van der Waals surface area contributed by atoms with Crippen molar-refractivity contribution in [3.8, 4) is 17.0 Å². The SMILES string of the molecule is CCNC(=O)c1ccc(-c2ccc(OC3CN(Cc4ccc(C(F)(F)F)cc4)C3)cn2)cc1F. The summed E-state index contributed by atoms with van der Waals surface area (Å²) in [5.74, 6) is -0.508. The second-order valence-corrected chi connectivity index (χ2v) is 8.06. The van der Waals surface area contributed by atoms with Gasteiger partial charge in [-0.25, -0.2) is 4.39 Å². The van der Waals surface area contributed by atoms with Crippen LogP contribution in [0.4, 0.5) is 17.6 Å². The molecule has 1 aliphatic rings. The van der Waals surface area contributed by atoms with Gasteiger partial charge in [0.05, 0.1) is 23.0 Å². The van der Waals surface area contributed by atoms with Crippen molar-refractivity contribution >= 4 is 5.91 Å². The van der Waals surface area contributed by atoms with Crippen LogP contribution in [-0.4, -0.2) is 41.5 Å². The minimum absolute atomic E-state index is 0.0172. The molecular weight excluding hydrogens is 450 g/mol. The number of alkyl halides is 3. The lowest BCUT2D eigenvalue weighted by molar-refractivity contribution is -0.137. The summed E-state index contributed by atoms with van der Waals surface area (Å²) >= 11 is 0. The maximum Gasteiger partial charge on any atom is 0.416 e. The van der Waals surface area contributed by atoms with Gasteiger partial charge in [-0.3, -0.25) is 14.7 Å². The molecule has 34 heavy (non-hydrogen) atoms. The molecule has 0 saturated carbocycles. The zero-order valence-electron chi connectivity index (χ0n) is 18.4. The van der Waals surface area contributed by atoms with Crippen molar-refractivity contribution in [2.75, 3.05) is 19.6 Å². The number of pyridine rings is 1. The van der Waals surface area contributed by atoms with Crippen LogP contribution in [0.2, 0.25) is 0 Å². The molecule has 5 nitrogen and oxygen atoms in total. The first kappa shape index (κ1) is 23.7. The summed E-state index contributed by atoms with van der Waals surface area (Å²) in [5, 5.41) is 2.57. The fraction of sp³-hybridized carbons (Fsp3) is 0.280. The third-order valence-corrected chi connectivity index (χ3v) is 5.50. The molecule has 0 bridgehead atoms. The van der Waals surface area contributed by atoms with E-state index in [9.17, 15) is 22.4 Å². The third kappa shape index (κ3) is 5.53. The van der Waals surface area contributed by atoms with Crippen LogP contribution in [0.1, 0.15) is 28.4 Å². The van der Waals surface area contributed by atoms with Gasteiger partial charge >= 0.3 is 6.18 Å². The molecule has 0 atom stereocenters. The quantitative estimate of drug-likeness (QED) is 0.495. The Labute approximate surface area is 194 Å². The average molecular weight is 473 g/mol. The second kappa shape index (κ2) is 9.80. The Morgan fingerprint density at radius 1 is 1.12 bits per heavy atom. The molecule has 1 saturated heterocycles. The van der Waals surface area contributed by atoms with Crippen LogP contribution in [0, 0.1) is 5.82 Å². The van der Waals surface area contributed by atoms with E-state index < -0.39 is 23.5 Å². The van der Waals surface area contributed by atoms with E-state index in [1.807, 2.05) is 0 Å². The molecule has 0 radical (unpaired) electrons. The van der Waals surface area contributed by atoms with E-state index in [1.54, 1.807) is 31.3 Å². The first-order valence-corrected chi connectivity index (χ1v) is 10.8. The lowest BCUT2D eigenvalue weighted by Crippen LogP contribution is -2.53. The molecule has 1 aliphatic heterocycles. The topological polar surface area (TPSA) is 54.5 Å². The highest BCUT2D eigenvalue weighted by Crippen LogP contribution is 2.30. The summed E-state index contributed by atoms with van der Waals surface area (Å²) in [6.45, 7) is 4.02. The largest absolute Gasteiger partial charge is 0.486 e. The van der Waals surface area contributed by atoms with Crippen molar-refractivity contribution in [2.24, 2.45) is 0 Å². The Hall–Kier alpha value is -3.46. The maximum atomic E-state index is 14.3. The highest BCUT2D eigenvalue weighted by atomic mass is 19.4. The number of amides is 1. The number of aromatic nitrogens is 1. The van der Waals surface area contributed by atoms with Crippen LogP contribution < -0.4 is 10.1 Å². The van der Waals surface area contributed by atoms with Gasteiger partial charge in [-0.2, -0.15) is 13.2 Å². The van der Waals surface area contributed by atoms with Crippen LogP contribution in [0.5, 0.6) is 5.75 Å². The van der Waals surface area contributed by atoms with Gasteiger partial charge in [0.25, 0.3) is 5.91 Å². The van der Waals surface area contributed by atoms with E-state index >= 15 is 0 Å². The number of carbonyl (C=O) groups excluding carboxylic acids is 1. The maximum absolute atomic E-state index is 14.3. The van der Waals surface area contributed by atoms with E-state index in [2.05, 4.69) is 15.2 Å². The molecule has 1 aromatic heterocycles. The summed E-state index contributed by atoms with van der Waals surface area (Å²) in [5.41, 5.74) is 1.23. The van der Waals surface area contributed by atoms with Gasteiger partial charge in [0.1, 0.15) is 17.7 Å². The van der Waals surface area contributed by atoms with Crippen LogP contribution in [0.15, 0.2) is 60.8 Å². The zero-order valence-corrected chi connectivity index (χ0v) is 18.4. The summed E-state index contributed by atoms with van der Waals surface area (Å²) < 4.78 is 58.2. The molecular formula is C25H23F4N3O2. The molecule has 2 aromatic carbocycles. The highest BCUT2D eigenvalue weighted by molar-refractivity contribution is 5.94. The first-order chi connectivity index (χ1) is 16.2. The van der Waals surface area contributed by atoms with Crippen molar-refractivity contribution in [1.82, 2.24) is 15.2 Å². The first-order valence-electron chi connectivity index (χ1n) is 10.8. The standard InChI is InChI=1S/C25H23F4N3O2/c1-2-30-24(33)21-9-5-17(11-22(21)26)23-10-8-19(12-31-23)34-20-14-32(15-20)13-16-3-6-18(7-4-16)25(27,28)29/h3-12,20H,2,13-15H2,1H3,(H,30,33). The minimum Gasteiger partial charge on any atom is -0.486 e. The fourth-order valence-corrected chi connectivity index (χ4v) is 3.71. The Balaban J connectivity index is 1.29. The molecule has 9 heteroatoms. The van der Waals surface area contributed by atoms with E-state index in [1.165, 1.54) is 24.3 Å². The molecule has 178 valence electrons. The van der Waals surface area contributed by atoms with E-state index in [0.717, 1.165) is 17.7 Å². The number of halogens is 4. The summed E-state index contributed by atoms with van der Waals surface area (Å²) in [6.07, 6.45) is -2.82. The van der Waals surface area contributed by atoms with Crippen LogP contribution in [-0.2, 0) is 12.7 Å². The highest BCUT2D eigenvalue weighted by Gasteiger charge is 2.31. The predicted octanol–water partition coefficient (Wildman–Crippen LogP) is 4.92. The number of hydrogen-bond donors (Lipinski definition) is 1. The molecule has 0 unspecified atom stereocenters. The summed E-state index contributed by atoms with van der Waals surface area (Å²) in [7, 11) is 0. The Bertz CT molecular complexity index is 1140. The average Bonchev–Trinajstić information content (AvgIpc) is 2.78. The third-order valence-electron chi connectivity index (χ3n) is 5.50. The summed E-state index contributed by atoms with van der Waals surface area (Å²) in [4.78, 5) is 18.2. The fourth-order valence-electron chi connectivity index (χ4n) is 3.71. The Morgan fingerprint density at radius 3 is 2.44 bits per heavy atom. The van der Waals surface area contributed by atoms with E-state index in [4.69, 9.17) is 4.74 Å². The minimum atomic E-state index is -4.33. The smallest absolute Gasteiger partial charge is 0.416 e. The number of nitrogens with one attached hydrogen (secondary N) is 1. The Kier molecular flexibility index (Phi) is 6.83. The van der Waals surface area contributed by atoms with Gasteiger partial charge in [-0.1, -0.05) is 18.2 Å². The lowest BCUT2D eigenvalue weighted by Gasteiger charge is -2.39. The van der Waals surface area contributed by atoms with Gasteiger partial charge in [-0.05, 0) is 48.9 Å². The Morgan fingerprint density at radius 2 is 1.85 bits per heavy atom. The molecule has 4 rings (SSSR count). The number of carbonyl (C=O) groups is 1. The van der Waals surface area contributed by atoms with Gasteiger partial charge in [0.2, 0.25) is 0 Å². The molecule has 3 aromatic rings. The van der Waals surface area contributed by atoms with Crippen molar-refractivity contribution < 1.29 is 27.1 Å². The lowest BCUT2D eigenvalue weighted by atomic mass is 10.1. The molecule has 1 fully saturated rings. The predicted molar refractivity (Wildman–Crippen MR) is 119 cm³/mol. The zero-order chi connectivity index (χ0) is 24.3. The van der Waals surface area contributed by atoms with E-state index in [0.29, 0.717) is 43.2 Å². The van der Waals surface area contributed by atoms with Crippen molar-refractivity contribution in [1.29, 1.82) is 0 Å². The molecule has 2 heterocycles.